The molecule has 3 amide bonds. The molecule has 0 bridgehead atoms. The molecule has 0 aliphatic carbocycles. The van der Waals surface area contributed by atoms with Crippen molar-refractivity contribution in [2.45, 2.75) is 38.8 Å². The van der Waals surface area contributed by atoms with Gasteiger partial charge in [-0.25, -0.2) is 13.6 Å². The van der Waals surface area contributed by atoms with E-state index in [1.165, 1.54) is 17.0 Å². The summed E-state index contributed by atoms with van der Waals surface area (Å²) in [6.45, 7) is 4.91. The molecule has 3 aliphatic heterocycles. The van der Waals surface area contributed by atoms with Crippen molar-refractivity contribution < 1.29 is 18.4 Å². The Morgan fingerprint density at radius 2 is 1.92 bits per heavy atom. The molecule has 3 fully saturated rings. The van der Waals surface area contributed by atoms with Crippen LogP contribution in [0.3, 0.4) is 0 Å². The molecular weight excluding hydrogens is 340 g/mol. The number of likely N-dealkylation sites (tertiary alicyclic amines) is 1. The van der Waals surface area contributed by atoms with Crippen molar-refractivity contribution >= 4 is 11.9 Å². The molecule has 26 heavy (non-hydrogen) atoms. The second-order valence-electron chi connectivity index (χ2n) is 7.72. The van der Waals surface area contributed by atoms with E-state index in [-0.39, 0.29) is 23.4 Å². The Balaban J connectivity index is 1.39. The van der Waals surface area contributed by atoms with Gasteiger partial charge >= 0.3 is 6.03 Å². The molecule has 4 rings (SSSR count). The first-order valence-corrected chi connectivity index (χ1v) is 9.21. The third-order valence-corrected chi connectivity index (χ3v) is 6.18. The van der Waals surface area contributed by atoms with Crippen molar-refractivity contribution in [3.8, 4) is 0 Å². The van der Waals surface area contributed by atoms with E-state index < -0.39 is 11.6 Å². The Labute approximate surface area is 151 Å². The van der Waals surface area contributed by atoms with Crippen molar-refractivity contribution in [3.05, 3.63) is 35.4 Å². The smallest absolute Gasteiger partial charge is 0.312 e. The maximum atomic E-state index is 13.9. The Kier molecular flexibility index (Phi) is 4.22. The van der Waals surface area contributed by atoms with Crippen molar-refractivity contribution in [2.24, 2.45) is 5.41 Å². The van der Waals surface area contributed by atoms with E-state index in [1.807, 2.05) is 6.92 Å². The van der Waals surface area contributed by atoms with Gasteiger partial charge in [0.05, 0.1) is 0 Å². The fourth-order valence-corrected chi connectivity index (χ4v) is 4.64. The van der Waals surface area contributed by atoms with Crippen molar-refractivity contribution in [3.63, 3.8) is 0 Å². The lowest BCUT2D eigenvalue weighted by molar-refractivity contribution is -0.128. The highest BCUT2D eigenvalue weighted by Crippen LogP contribution is 2.46. The zero-order chi connectivity index (χ0) is 18.5. The lowest BCUT2D eigenvalue weighted by atomic mass is 9.76. The van der Waals surface area contributed by atoms with Crippen LogP contribution in [-0.4, -0.2) is 58.9 Å². The molecule has 7 heteroatoms. The average molecular weight is 363 g/mol. The van der Waals surface area contributed by atoms with Crippen LogP contribution in [0.15, 0.2) is 18.2 Å². The quantitative estimate of drug-likeness (QED) is 0.776. The van der Waals surface area contributed by atoms with E-state index in [2.05, 4.69) is 4.90 Å². The van der Waals surface area contributed by atoms with E-state index in [0.717, 1.165) is 38.4 Å². The standard InChI is InChI=1S/C19H23F2N3O2/c1-2-23-17(25)16-10-19(12-24(16)18(23)26)5-7-22(8-6-19)11-13-3-4-14(20)9-15(13)21/h3-4,9,16H,2,5-8,10-12H2,1H3. The number of benzene rings is 1. The number of hydrogen-bond acceptors (Lipinski definition) is 3. The number of carbonyl (C=O) groups is 2. The second kappa shape index (κ2) is 6.30. The highest BCUT2D eigenvalue weighted by Gasteiger charge is 2.55. The number of imide groups is 1. The summed E-state index contributed by atoms with van der Waals surface area (Å²) in [5.41, 5.74) is 0.492. The highest BCUT2D eigenvalue weighted by atomic mass is 19.1. The topological polar surface area (TPSA) is 43.9 Å². The van der Waals surface area contributed by atoms with Crippen LogP contribution in [0.5, 0.6) is 0 Å². The SMILES string of the molecule is CCN1C(=O)C2CC3(CCN(Cc4ccc(F)cc4F)CC3)CN2C1=O. The summed E-state index contributed by atoms with van der Waals surface area (Å²) in [5, 5.41) is 0. The number of likely N-dealkylation sites (N-methyl/N-ethyl adjacent to an activating group) is 1. The van der Waals surface area contributed by atoms with Gasteiger partial charge in [0.25, 0.3) is 5.91 Å². The number of nitrogens with zero attached hydrogens (tertiary/aromatic N) is 3. The number of rotatable bonds is 3. The van der Waals surface area contributed by atoms with Crippen molar-refractivity contribution in [1.29, 1.82) is 0 Å². The summed E-state index contributed by atoms with van der Waals surface area (Å²) >= 11 is 0. The van der Waals surface area contributed by atoms with Gasteiger partial charge in [-0.1, -0.05) is 6.07 Å². The number of urea groups is 1. The molecule has 0 saturated carbocycles. The van der Waals surface area contributed by atoms with E-state index in [4.69, 9.17) is 0 Å². The first-order chi connectivity index (χ1) is 12.4. The van der Waals surface area contributed by atoms with Crippen LogP contribution in [0.1, 0.15) is 31.7 Å². The molecule has 1 atom stereocenters. The van der Waals surface area contributed by atoms with Gasteiger partial charge in [0.1, 0.15) is 17.7 Å². The van der Waals surface area contributed by atoms with E-state index in [0.29, 0.717) is 25.2 Å². The largest absolute Gasteiger partial charge is 0.327 e. The maximum absolute atomic E-state index is 13.9. The first-order valence-electron chi connectivity index (χ1n) is 9.21. The minimum absolute atomic E-state index is 0.00629. The molecule has 1 unspecified atom stereocenters. The summed E-state index contributed by atoms with van der Waals surface area (Å²) < 4.78 is 26.9. The monoisotopic (exact) mass is 363 g/mol. The Hall–Kier alpha value is -2.02. The fraction of sp³-hybridized carbons (Fsp3) is 0.579. The zero-order valence-electron chi connectivity index (χ0n) is 14.9. The average Bonchev–Trinajstić information content (AvgIpc) is 3.08. The number of carbonyl (C=O) groups excluding carboxylic acids is 2. The Morgan fingerprint density at radius 3 is 2.54 bits per heavy atom. The molecule has 3 heterocycles. The van der Waals surface area contributed by atoms with Gasteiger partial charge in [0, 0.05) is 31.3 Å². The summed E-state index contributed by atoms with van der Waals surface area (Å²) in [7, 11) is 0. The number of fused-ring (bicyclic) bond motifs is 1. The number of piperidine rings is 1. The molecule has 0 radical (unpaired) electrons. The second-order valence-corrected chi connectivity index (χ2v) is 7.72. The minimum Gasteiger partial charge on any atom is -0.312 e. The Morgan fingerprint density at radius 1 is 1.19 bits per heavy atom. The summed E-state index contributed by atoms with van der Waals surface area (Å²) in [6.07, 6.45) is 2.50. The van der Waals surface area contributed by atoms with Crippen LogP contribution < -0.4 is 0 Å². The van der Waals surface area contributed by atoms with E-state index >= 15 is 0 Å². The predicted molar refractivity (Wildman–Crippen MR) is 91.2 cm³/mol. The highest BCUT2D eigenvalue weighted by molar-refractivity contribution is 6.04. The molecular formula is C19H23F2N3O2. The molecule has 5 nitrogen and oxygen atoms in total. The van der Waals surface area contributed by atoms with Gasteiger partial charge in [0.15, 0.2) is 0 Å². The number of amides is 3. The van der Waals surface area contributed by atoms with Crippen molar-refractivity contribution in [2.75, 3.05) is 26.2 Å². The van der Waals surface area contributed by atoms with Gasteiger partial charge in [0.2, 0.25) is 0 Å². The van der Waals surface area contributed by atoms with Gasteiger partial charge in [-0.2, -0.15) is 0 Å². The molecule has 0 aromatic heterocycles. The van der Waals surface area contributed by atoms with Crippen LogP contribution in [0.25, 0.3) is 0 Å². The minimum atomic E-state index is -0.564. The van der Waals surface area contributed by atoms with Crippen molar-refractivity contribution in [1.82, 2.24) is 14.7 Å². The zero-order valence-corrected chi connectivity index (χ0v) is 14.9. The van der Waals surface area contributed by atoms with Crippen LogP contribution in [0.2, 0.25) is 0 Å². The molecule has 1 spiro atoms. The number of halogens is 2. The van der Waals surface area contributed by atoms with Gasteiger partial charge < -0.3 is 4.90 Å². The molecule has 3 saturated heterocycles. The lowest BCUT2D eigenvalue weighted by Gasteiger charge is -2.39. The number of hydrogen-bond donors (Lipinski definition) is 0. The van der Waals surface area contributed by atoms with Crippen LogP contribution >= 0.6 is 0 Å². The van der Waals surface area contributed by atoms with Gasteiger partial charge in [-0.3, -0.25) is 14.6 Å². The van der Waals surface area contributed by atoms with Crippen LogP contribution in [0, 0.1) is 17.0 Å². The van der Waals surface area contributed by atoms with E-state index in [9.17, 15) is 18.4 Å². The normalized spacial score (nSPS) is 25.4. The van der Waals surface area contributed by atoms with E-state index in [1.54, 1.807) is 4.90 Å². The van der Waals surface area contributed by atoms with Gasteiger partial charge in [-0.15, -0.1) is 0 Å². The third kappa shape index (κ3) is 2.78. The molecule has 1 aromatic rings. The molecule has 0 N–H and O–H groups in total. The summed E-state index contributed by atoms with van der Waals surface area (Å²) in [4.78, 5) is 30.0. The fourth-order valence-electron chi connectivity index (χ4n) is 4.64. The third-order valence-electron chi connectivity index (χ3n) is 6.18. The maximum Gasteiger partial charge on any atom is 0.327 e. The summed E-state index contributed by atoms with van der Waals surface area (Å²) in [6, 6.07) is 3.24. The molecule has 3 aliphatic rings. The van der Waals surface area contributed by atoms with Crippen LogP contribution in [0.4, 0.5) is 13.6 Å². The van der Waals surface area contributed by atoms with Gasteiger partial charge in [-0.05, 0) is 50.8 Å². The van der Waals surface area contributed by atoms with Crippen LogP contribution in [-0.2, 0) is 11.3 Å². The lowest BCUT2D eigenvalue weighted by Crippen LogP contribution is -2.43. The predicted octanol–water partition coefficient (Wildman–Crippen LogP) is 2.60. The summed E-state index contributed by atoms with van der Waals surface area (Å²) in [5.74, 6) is -1.14. The first kappa shape index (κ1) is 17.4. The molecule has 140 valence electrons. The molecule has 1 aromatic carbocycles. The Bertz CT molecular complexity index is 720.